The highest BCUT2D eigenvalue weighted by atomic mass is 32.2. The highest BCUT2D eigenvalue weighted by molar-refractivity contribution is 7.89. The van der Waals surface area contributed by atoms with Crippen molar-refractivity contribution in [3.8, 4) is 6.07 Å². The van der Waals surface area contributed by atoms with Crippen molar-refractivity contribution in [3.63, 3.8) is 0 Å². The van der Waals surface area contributed by atoms with Gasteiger partial charge in [0.15, 0.2) is 0 Å². The summed E-state index contributed by atoms with van der Waals surface area (Å²) in [6, 6.07) is 4.91. The summed E-state index contributed by atoms with van der Waals surface area (Å²) in [7, 11) is -3.84. The first-order chi connectivity index (χ1) is 8.04. The lowest BCUT2D eigenvalue weighted by molar-refractivity contribution is 0.410. The van der Waals surface area contributed by atoms with E-state index in [2.05, 4.69) is 10.0 Å². The zero-order valence-electron chi connectivity index (χ0n) is 8.77. The summed E-state index contributed by atoms with van der Waals surface area (Å²) in [6.45, 7) is 1.08. The molecule has 0 unspecified atom stereocenters. The molecule has 5 nitrogen and oxygen atoms in total. The van der Waals surface area contributed by atoms with Crippen molar-refractivity contribution in [2.24, 2.45) is 0 Å². The highest BCUT2D eigenvalue weighted by Gasteiger charge is 2.27. The van der Waals surface area contributed by atoms with Crippen molar-refractivity contribution in [3.05, 3.63) is 29.6 Å². The molecule has 90 valence electrons. The molecule has 1 aliphatic heterocycles. The third-order valence-corrected chi connectivity index (χ3v) is 4.04. The number of hydrogen-bond donors (Lipinski definition) is 2. The van der Waals surface area contributed by atoms with E-state index in [-0.39, 0.29) is 10.9 Å². The van der Waals surface area contributed by atoms with Crippen LogP contribution in [0.4, 0.5) is 4.39 Å². The number of benzene rings is 1. The Morgan fingerprint density at radius 3 is 2.71 bits per heavy atom. The number of nitriles is 1. The van der Waals surface area contributed by atoms with Crippen molar-refractivity contribution >= 4 is 10.0 Å². The van der Waals surface area contributed by atoms with Gasteiger partial charge < -0.3 is 5.32 Å². The average Bonchev–Trinajstić information content (AvgIpc) is 2.23. The second-order valence-electron chi connectivity index (χ2n) is 3.70. The van der Waals surface area contributed by atoms with E-state index in [1.165, 1.54) is 12.1 Å². The summed E-state index contributed by atoms with van der Waals surface area (Å²) in [5, 5.41) is 11.7. The van der Waals surface area contributed by atoms with Gasteiger partial charge in [-0.15, -0.1) is 0 Å². The van der Waals surface area contributed by atoms with Gasteiger partial charge in [0, 0.05) is 19.1 Å². The minimum absolute atomic E-state index is 0.199. The molecule has 0 bridgehead atoms. The van der Waals surface area contributed by atoms with Crippen LogP contribution in [0.25, 0.3) is 0 Å². The fourth-order valence-electron chi connectivity index (χ4n) is 1.49. The number of sulfonamides is 1. The zero-order chi connectivity index (χ0) is 12.5. The molecule has 0 amide bonds. The fraction of sp³-hybridized carbons (Fsp3) is 0.300. The number of halogens is 1. The first-order valence-corrected chi connectivity index (χ1v) is 6.44. The van der Waals surface area contributed by atoms with Crippen LogP contribution < -0.4 is 10.0 Å². The van der Waals surface area contributed by atoms with Crippen LogP contribution in [0, 0.1) is 17.1 Å². The predicted octanol–water partition coefficient (Wildman–Crippen LogP) is -0.0525. The predicted molar refractivity (Wildman–Crippen MR) is 58.1 cm³/mol. The maximum Gasteiger partial charge on any atom is 0.242 e. The Labute approximate surface area is 98.3 Å². The Balaban J connectivity index is 2.39. The molecule has 1 aliphatic rings. The molecule has 0 aromatic heterocycles. The van der Waals surface area contributed by atoms with Crippen LogP contribution in [0.15, 0.2) is 23.1 Å². The zero-order valence-corrected chi connectivity index (χ0v) is 9.59. The van der Waals surface area contributed by atoms with Crippen molar-refractivity contribution in [1.29, 1.82) is 5.26 Å². The van der Waals surface area contributed by atoms with Gasteiger partial charge in [-0.2, -0.15) is 5.26 Å². The molecule has 0 radical (unpaired) electrons. The molecule has 7 heteroatoms. The first kappa shape index (κ1) is 12.0. The Kier molecular flexibility index (Phi) is 3.11. The Hall–Kier alpha value is -1.49. The minimum atomic E-state index is -3.84. The molecule has 0 aliphatic carbocycles. The van der Waals surface area contributed by atoms with Crippen LogP contribution in [-0.4, -0.2) is 27.5 Å². The maximum absolute atomic E-state index is 13.3. The second-order valence-corrected chi connectivity index (χ2v) is 5.38. The molecule has 0 saturated carbocycles. The third kappa shape index (κ3) is 2.29. The topological polar surface area (TPSA) is 82.0 Å². The van der Waals surface area contributed by atoms with Gasteiger partial charge in [0.2, 0.25) is 10.0 Å². The molecular weight excluding hydrogens is 245 g/mol. The molecule has 0 atom stereocenters. The van der Waals surface area contributed by atoms with E-state index in [1.54, 1.807) is 6.07 Å². The number of hydrogen-bond acceptors (Lipinski definition) is 4. The lowest BCUT2D eigenvalue weighted by atomic mass is 10.2. The molecule has 1 saturated heterocycles. The summed E-state index contributed by atoms with van der Waals surface area (Å²) >= 11 is 0. The van der Waals surface area contributed by atoms with Gasteiger partial charge in [-0.05, 0) is 12.1 Å². The van der Waals surface area contributed by atoms with Crippen molar-refractivity contribution in [1.82, 2.24) is 10.0 Å². The van der Waals surface area contributed by atoms with E-state index in [9.17, 15) is 12.8 Å². The summed E-state index contributed by atoms with van der Waals surface area (Å²) in [5.74, 6) is -0.831. The Morgan fingerprint density at radius 2 is 2.18 bits per heavy atom. The van der Waals surface area contributed by atoms with Crippen LogP contribution in [0.3, 0.4) is 0 Å². The third-order valence-electron chi connectivity index (χ3n) is 2.48. The summed E-state index contributed by atoms with van der Waals surface area (Å²) < 4.78 is 39.5. The van der Waals surface area contributed by atoms with E-state index in [0.717, 1.165) is 6.07 Å². The lowest BCUT2D eigenvalue weighted by Gasteiger charge is -2.27. The molecule has 2 rings (SSSR count). The Bertz CT molecular complexity index is 576. The quantitative estimate of drug-likeness (QED) is 0.793. The normalized spacial score (nSPS) is 16.2. The molecule has 1 aromatic rings. The Morgan fingerprint density at radius 1 is 1.47 bits per heavy atom. The average molecular weight is 255 g/mol. The van der Waals surface area contributed by atoms with Gasteiger partial charge >= 0.3 is 0 Å². The van der Waals surface area contributed by atoms with E-state index >= 15 is 0 Å². The van der Waals surface area contributed by atoms with Crippen molar-refractivity contribution < 1.29 is 12.8 Å². The van der Waals surface area contributed by atoms with E-state index in [4.69, 9.17) is 5.26 Å². The number of nitrogens with one attached hydrogen (secondary N) is 2. The molecular formula is C10H10FN3O2S. The minimum Gasteiger partial charge on any atom is -0.313 e. The van der Waals surface area contributed by atoms with Crippen LogP contribution in [0.1, 0.15) is 5.56 Å². The van der Waals surface area contributed by atoms with Gasteiger partial charge in [0.05, 0.1) is 0 Å². The molecule has 1 heterocycles. The fourth-order valence-corrected chi connectivity index (χ4v) is 2.89. The molecule has 1 fully saturated rings. The number of nitrogens with zero attached hydrogens (tertiary/aromatic N) is 1. The molecule has 2 N–H and O–H groups in total. The van der Waals surface area contributed by atoms with E-state index < -0.39 is 21.4 Å². The van der Waals surface area contributed by atoms with Crippen LogP contribution in [0.2, 0.25) is 0 Å². The molecule has 0 spiro atoms. The number of rotatable bonds is 3. The lowest BCUT2D eigenvalue weighted by Crippen LogP contribution is -2.56. The summed E-state index contributed by atoms with van der Waals surface area (Å²) in [5.41, 5.74) is -0.452. The standard InChI is InChI=1S/C10H10FN3O2S/c11-9-2-1-3-10(8(9)4-12)17(15,16)14-7-5-13-6-7/h1-3,7,13-14H,5-6H2. The van der Waals surface area contributed by atoms with Gasteiger partial charge in [-0.3, -0.25) is 0 Å². The molecule has 17 heavy (non-hydrogen) atoms. The van der Waals surface area contributed by atoms with Gasteiger partial charge in [0.1, 0.15) is 22.3 Å². The summed E-state index contributed by atoms with van der Waals surface area (Å²) in [4.78, 5) is -0.313. The van der Waals surface area contributed by atoms with Gasteiger partial charge in [-0.1, -0.05) is 6.07 Å². The largest absolute Gasteiger partial charge is 0.313 e. The van der Waals surface area contributed by atoms with Crippen molar-refractivity contribution in [2.75, 3.05) is 13.1 Å². The van der Waals surface area contributed by atoms with Crippen molar-refractivity contribution in [2.45, 2.75) is 10.9 Å². The second kappa shape index (κ2) is 4.41. The SMILES string of the molecule is N#Cc1c(F)cccc1S(=O)(=O)NC1CNC1. The van der Waals surface area contributed by atoms with E-state index in [1.807, 2.05) is 0 Å². The smallest absolute Gasteiger partial charge is 0.242 e. The van der Waals surface area contributed by atoms with Gasteiger partial charge in [-0.25, -0.2) is 17.5 Å². The monoisotopic (exact) mass is 255 g/mol. The van der Waals surface area contributed by atoms with Gasteiger partial charge in [0.25, 0.3) is 0 Å². The first-order valence-electron chi connectivity index (χ1n) is 4.96. The van der Waals surface area contributed by atoms with Crippen LogP contribution in [0.5, 0.6) is 0 Å². The van der Waals surface area contributed by atoms with Crippen LogP contribution in [-0.2, 0) is 10.0 Å². The summed E-state index contributed by atoms with van der Waals surface area (Å²) in [6.07, 6.45) is 0. The highest BCUT2D eigenvalue weighted by Crippen LogP contribution is 2.18. The van der Waals surface area contributed by atoms with Crippen LogP contribution >= 0.6 is 0 Å². The van der Waals surface area contributed by atoms with E-state index in [0.29, 0.717) is 13.1 Å². The maximum atomic E-state index is 13.3. The molecule has 1 aromatic carbocycles.